The van der Waals surface area contributed by atoms with Crippen LogP contribution in [0.15, 0.2) is 36.9 Å². The first-order valence-electron chi connectivity index (χ1n) is 9.73. The molecule has 3 aliphatic heterocycles. The van der Waals surface area contributed by atoms with Gasteiger partial charge >= 0.3 is 6.03 Å². The molecule has 3 aliphatic rings. The molecular formula is C20H23N5O4. The smallest absolute Gasteiger partial charge is 0.323 e. The standard InChI is InChI=1S/C20H23N5O4/c1-11-9-25-15-4-3-14(24-6-5-21-10-24)7-13(15)8-20(16(25)12(2)29-11)17(26)22-19(28)23-18(20)27/h3-7,10-12,16-17,26H,8-9H2,1-2H3,(H2,22,23,27,28)/t11-,12+,16-,17?,20-/m1/s1. The summed E-state index contributed by atoms with van der Waals surface area (Å²) >= 11 is 0. The summed E-state index contributed by atoms with van der Waals surface area (Å²) in [7, 11) is 0. The highest BCUT2D eigenvalue weighted by molar-refractivity contribution is 6.01. The van der Waals surface area contributed by atoms with Crippen LogP contribution in [0.1, 0.15) is 19.4 Å². The zero-order valence-corrected chi connectivity index (χ0v) is 16.2. The fraction of sp³-hybridized carbons (Fsp3) is 0.450. The number of aromatic nitrogens is 2. The largest absolute Gasteiger partial charge is 0.372 e. The SMILES string of the molecule is C[C@@H]1CN2c3ccc(-n4ccnc4)cc3C[C@@]3(C(=O)NC(=O)NC3O)[C@H]2[C@H](C)O1. The lowest BCUT2D eigenvalue weighted by atomic mass is 9.66. The van der Waals surface area contributed by atoms with E-state index in [1.165, 1.54) is 0 Å². The molecule has 1 aromatic carbocycles. The fourth-order valence-corrected chi connectivity index (χ4v) is 5.16. The van der Waals surface area contributed by atoms with Crippen molar-refractivity contribution in [1.29, 1.82) is 0 Å². The number of hydrogen-bond acceptors (Lipinski definition) is 6. The number of imide groups is 1. The lowest BCUT2D eigenvalue weighted by Crippen LogP contribution is -2.76. The number of hydrogen-bond donors (Lipinski definition) is 3. The first-order chi connectivity index (χ1) is 13.9. The molecule has 29 heavy (non-hydrogen) atoms. The van der Waals surface area contributed by atoms with Crippen molar-refractivity contribution in [3.8, 4) is 5.69 Å². The average molecular weight is 397 g/mol. The summed E-state index contributed by atoms with van der Waals surface area (Å²) in [5.41, 5.74) is 1.61. The normalized spacial score (nSPS) is 33.7. The van der Waals surface area contributed by atoms with Gasteiger partial charge in [0, 0.05) is 30.3 Å². The number of fused-ring (bicyclic) bond motifs is 4. The first kappa shape index (κ1) is 18.1. The molecule has 9 nitrogen and oxygen atoms in total. The van der Waals surface area contributed by atoms with Gasteiger partial charge in [0.15, 0.2) is 0 Å². The van der Waals surface area contributed by atoms with Crippen LogP contribution < -0.4 is 15.5 Å². The molecule has 2 fully saturated rings. The second-order valence-corrected chi connectivity index (χ2v) is 8.08. The topological polar surface area (TPSA) is 109 Å². The maximum atomic E-state index is 13.2. The monoisotopic (exact) mass is 397 g/mol. The second kappa shape index (κ2) is 6.30. The zero-order valence-electron chi connectivity index (χ0n) is 16.2. The summed E-state index contributed by atoms with van der Waals surface area (Å²) in [6.07, 6.45) is 3.89. The van der Waals surface area contributed by atoms with E-state index in [1.54, 1.807) is 12.5 Å². The molecule has 3 amide bonds. The number of ether oxygens (including phenoxy) is 1. The second-order valence-electron chi connectivity index (χ2n) is 8.08. The Kier molecular flexibility index (Phi) is 3.94. The highest BCUT2D eigenvalue weighted by Gasteiger charge is 2.62. The average Bonchev–Trinajstić information content (AvgIpc) is 3.20. The molecule has 3 N–H and O–H groups in total. The van der Waals surface area contributed by atoms with Gasteiger partial charge in [-0.15, -0.1) is 0 Å². The number of imidazole rings is 1. The van der Waals surface area contributed by atoms with E-state index in [2.05, 4.69) is 20.5 Å². The third-order valence-electron chi connectivity index (χ3n) is 6.27. The van der Waals surface area contributed by atoms with Gasteiger partial charge in [0.1, 0.15) is 11.6 Å². The molecule has 152 valence electrons. The van der Waals surface area contributed by atoms with Gasteiger partial charge in [0.25, 0.3) is 0 Å². The molecule has 0 radical (unpaired) electrons. The van der Waals surface area contributed by atoms with Crippen molar-refractivity contribution in [1.82, 2.24) is 20.2 Å². The predicted octanol–water partition coefficient (Wildman–Crippen LogP) is 0.555. The van der Waals surface area contributed by atoms with E-state index in [0.29, 0.717) is 6.54 Å². The Labute approximate surface area is 167 Å². The van der Waals surface area contributed by atoms with Gasteiger partial charge in [-0.05, 0) is 44.0 Å². The third kappa shape index (κ3) is 2.57. The van der Waals surface area contributed by atoms with Gasteiger partial charge in [-0.3, -0.25) is 10.1 Å². The Balaban J connectivity index is 1.68. The van der Waals surface area contributed by atoms with E-state index >= 15 is 0 Å². The molecule has 1 aromatic heterocycles. The van der Waals surface area contributed by atoms with Gasteiger partial charge in [-0.2, -0.15) is 0 Å². The van der Waals surface area contributed by atoms with Crippen molar-refractivity contribution in [2.75, 3.05) is 11.4 Å². The number of nitrogens with one attached hydrogen (secondary N) is 2. The number of nitrogens with zero attached hydrogens (tertiary/aromatic N) is 3. The Morgan fingerprint density at radius 2 is 2.14 bits per heavy atom. The van der Waals surface area contributed by atoms with E-state index < -0.39 is 29.6 Å². The predicted molar refractivity (Wildman–Crippen MR) is 104 cm³/mol. The molecule has 2 aromatic rings. The molecule has 1 unspecified atom stereocenters. The summed E-state index contributed by atoms with van der Waals surface area (Å²) in [6, 6.07) is 4.97. The molecule has 2 saturated heterocycles. The Morgan fingerprint density at radius 1 is 1.31 bits per heavy atom. The summed E-state index contributed by atoms with van der Waals surface area (Å²) in [5, 5.41) is 15.8. The van der Waals surface area contributed by atoms with Crippen LogP contribution in [0.5, 0.6) is 0 Å². The Hall–Kier alpha value is -2.91. The van der Waals surface area contributed by atoms with Crippen LogP contribution in [0.2, 0.25) is 0 Å². The van der Waals surface area contributed by atoms with E-state index in [9.17, 15) is 14.7 Å². The van der Waals surface area contributed by atoms with Crippen molar-refractivity contribution in [3.63, 3.8) is 0 Å². The van der Waals surface area contributed by atoms with Crippen molar-refractivity contribution in [2.24, 2.45) is 5.41 Å². The van der Waals surface area contributed by atoms with Crippen LogP contribution >= 0.6 is 0 Å². The molecule has 0 aliphatic carbocycles. The highest BCUT2D eigenvalue weighted by atomic mass is 16.5. The fourth-order valence-electron chi connectivity index (χ4n) is 5.16. The van der Waals surface area contributed by atoms with Gasteiger partial charge in [-0.25, -0.2) is 9.78 Å². The van der Waals surface area contributed by atoms with Crippen molar-refractivity contribution in [2.45, 2.75) is 44.7 Å². The molecule has 5 rings (SSSR count). The van der Waals surface area contributed by atoms with Crippen LogP contribution in [0.4, 0.5) is 10.5 Å². The minimum atomic E-state index is -1.32. The minimum Gasteiger partial charge on any atom is -0.372 e. The third-order valence-corrected chi connectivity index (χ3v) is 6.27. The maximum Gasteiger partial charge on any atom is 0.323 e. The van der Waals surface area contributed by atoms with E-state index in [4.69, 9.17) is 4.74 Å². The Morgan fingerprint density at radius 3 is 2.86 bits per heavy atom. The lowest BCUT2D eigenvalue weighted by Gasteiger charge is -2.57. The van der Waals surface area contributed by atoms with Gasteiger partial charge in [0.2, 0.25) is 5.91 Å². The number of rotatable bonds is 1. The number of carbonyl (C=O) groups is 2. The van der Waals surface area contributed by atoms with E-state index in [1.807, 2.05) is 42.8 Å². The van der Waals surface area contributed by atoms with Crippen molar-refractivity contribution in [3.05, 3.63) is 42.5 Å². The van der Waals surface area contributed by atoms with Gasteiger partial charge in [0.05, 0.1) is 24.6 Å². The van der Waals surface area contributed by atoms with Crippen molar-refractivity contribution < 1.29 is 19.4 Å². The number of benzene rings is 1. The van der Waals surface area contributed by atoms with E-state index in [0.717, 1.165) is 16.9 Å². The van der Waals surface area contributed by atoms with Crippen LogP contribution in [0, 0.1) is 5.41 Å². The van der Waals surface area contributed by atoms with Gasteiger partial charge in [-0.1, -0.05) is 0 Å². The quantitative estimate of drug-likeness (QED) is 0.649. The van der Waals surface area contributed by atoms with Crippen LogP contribution in [0.3, 0.4) is 0 Å². The number of aliphatic hydroxyl groups excluding tert-OH is 1. The molecule has 9 heteroatoms. The lowest BCUT2D eigenvalue weighted by molar-refractivity contribution is -0.155. The number of urea groups is 1. The van der Waals surface area contributed by atoms with Gasteiger partial charge < -0.3 is 24.6 Å². The molecule has 5 atom stereocenters. The molecule has 0 bridgehead atoms. The zero-order chi connectivity index (χ0) is 20.3. The van der Waals surface area contributed by atoms with E-state index in [-0.39, 0.29) is 18.6 Å². The van der Waals surface area contributed by atoms with Crippen LogP contribution in [0.25, 0.3) is 5.69 Å². The minimum absolute atomic E-state index is 0.0315. The summed E-state index contributed by atoms with van der Waals surface area (Å²) in [5.74, 6) is -0.479. The molecule has 4 heterocycles. The number of amides is 3. The maximum absolute atomic E-state index is 13.2. The molecular weight excluding hydrogens is 374 g/mol. The van der Waals surface area contributed by atoms with Crippen LogP contribution in [-0.2, 0) is 16.0 Å². The number of anilines is 1. The number of carbonyl (C=O) groups excluding carboxylic acids is 2. The number of morpholine rings is 1. The van der Waals surface area contributed by atoms with Crippen LogP contribution in [-0.4, -0.2) is 57.6 Å². The first-order valence-corrected chi connectivity index (χ1v) is 9.73. The summed E-state index contributed by atoms with van der Waals surface area (Å²) in [6.45, 7) is 4.49. The summed E-state index contributed by atoms with van der Waals surface area (Å²) < 4.78 is 7.94. The number of aliphatic hydroxyl groups is 1. The highest BCUT2D eigenvalue weighted by Crippen LogP contribution is 2.48. The molecule has 1 spiro atoms. The summed E-state index contributed by atoms with van der Waals surface area (Å²) in [4.78, 5) is 31.2. The van der Waals surface area contributed by atoms with Crippen molar-refractivity contribution >= 4 is 17.6 Å². The molecule has 0 saturated carbocycles. The Bertz CT molecular complexity index is 977.